The van der Waals surface area contributed by atoms with Crippen LogP contribution >= 0.6 is 11.3 Å². The Morgan fingerprint density at radius 2 is 2.20 bits per heavy atom. The Kier molecular flexibility index (Phi) is 3.59. The van der Waals surface area contributed by atoms with Crippen LogP contribution in [0.2, 0.25) is 0 Å². The van der Waals surface area contributed by atoms with Crippen LogP contribution in [-0.2, 0) is 6.54 Å². The van der Waals surface area contributed by atoms with E-state index >= 15 is 0 Å². The lowest BCUT2D eigenvalue weighted by molar-refractivity contribution is 0.564. The van der Waals surface area contributed by atoms with E-state index < -0.39 is 0 Å². The molecule has 104 valence electrons. The lowest BCUT2D eigenvalue weighted by atomic mass is 10.1. The van der Waals surface area contributed by atoms with E-state index in [-0.39, 0.29) is 0 Å². The Bertz CT molecular complexity index is 726. The van der Waals surface area contributed by atoms with Gasteiger partial charge in [-0.1, -0.05) is 29.8 Å². The van der Waals surface area contributed by atoms with Crippen molar-refractivity contribution in [3.05, 3.63) is 58.4 Å². The number of rotatable bonds is 4. The molecule has 0 saturated heterocycles. The predicted molar refractivity (Wildman–Crippen MR) is 84.2 cm³/mol. The van der Waals surface area contributed by atoms with Crippen LogP contribution in [0.15, 0.2) is 35.8 Å². The average molecular weight is 285 g/mol. The van der Waals surface area contributed by atoms with Gasteiger partial charge in [0.25, 0.3) is 0 Å². The van der Waals surface area contributed by atoms with E-state index in [0.29, 0.717) is 6.04 Å². The van der Waals surface area contributed by atoms with Gasteiger partial charge in [0.2, 0.25) is 0 Å². The molecular weight excluding hydrogens is 266 g/mol. The minimum Gasteiger partial charge on any atom is -0.305 e. The molecule has 0 aliphatic rings. The first-order valence-electron chi connectivity index (χ1n) is 6.86. The highest BCUT2D eigenvalue weighted by Crippen LogP contribution is 2.19. The maximum Gasteiger partial charge on any atom is 0.194 e. The second-order valence-corrected chi connectivity index (χ2v) is 6.09. The van der Waals surface area contributed by atoms with Gasteiger partial charge < -0.3 is 5.32 Å². The second kappa shape index (κ2) is 5.38. The number of hydrogen-bond acceptors (Lipinski definition) is 3. The number of aromatic nitrogens is 2. The Balaban J connectivity index is 1.76. The first-order valence-corrected chi connectivity index (χ1v) is 7.74. The number of nitrogens with one attached hydrogen (secondary N) is 1. The van der Waals surface area contributed by atoms with Crippen molar-refractivity contribution in [3.8, 4) is 0 Å². The first-order chi connectivity index (χ1) is 9.65. The standard InChI is InChI=1S/C16H19N3S/c1-11-5-4-6-14(9-11)12(2)17-10-15-13(3)18-16-19(15)7-8-20-16/h4-9,12,17H,10H2,1-3H3/t12-/m0/s1. The van der Waals surface area contributed by atoms with E-state index in [1.807, 2.05) is 0 Å². The summed E-state index contributed by atoms with van der Waals surface area (Å²) in [5, 5.41) is 5.67. The van der Waals surface area contributed by atoms with Crippen LogP contribution in [0.3, 0.4) is 0 Å². The number of thiazole rings is 1. The van der Waals surface area contributed by atoms with Gasteiger partial charge in [0.1, 0.15) is 0 Å². The zero-order valence-corrected chi connectivity index (χ0v) is 12.9. The van der Waals surface area contributed by atoms with Crippen molar-refractivity contribution in [2.75, 3.05) is 0 Å². The minimum atomic E-state index is 0.332. The van der Waals surface area contributed by atoms with E-state index in [1.165, 1.54) is 16.8 Å². The molecule has 20 heavy (non-hydrogen) atoms. The molecule has 0 bridgehead atoms. The summed E-state index contributed by atoms with van der Waals surface area (Å²) in [4.78, 5) is 5.65. The Hall–Kier alpha value is -1.65. The zero-order chi connectivity index (χ0) is 14.1. The van der Waals surface area contributed by atoms with Gasteiger partial charge in [0.15, 0.2) is 4.96 Å². The van der Waals surface area contributed by atoms with Crippen molar-refractivity contribution in [1.29, 1.82) is 0 Å². The highest BCUT2D eigenvalue weighted by atomic mass is 32.1. The number of aryl methyl sites for hydroxylation is 2. The molecule has 1 atom stereocenters. The van der Waals surface area contributed by atoms with Crippen molar-refractivity contribution < 1.29 is 0 Å². The second-order valence-electron chi connectivity index (χ2n) is 5.22. The molecule has 1 N–H and O–H groups in total. The molecule has 0 fully saturated rings. The predicted octanol–water partition coefficient (Wildman–Crippen LogP) is 3.86. The highest BCUT2D eigenvalue weighted by Gasteiger charge is 2.11. The fourth-order valence-electron chi connectivity index (χ4n) is 2.46. The third kappa shape index (κ3) is 2.49. The van der Waals surface area contributed by atoms with E-state index in [4.69, 9.17) is 0 Å². The zero-order valence-electron chi connectivity index (χ0n) is 12.1. The Labute approximate surface area is 123 Å². The summed E-state index contributed by atoms with van der Waals surface area (Å²) >= 11 is 1.68. The van der Waals surface area contributed by atoms with Crippen molar-refractivity contribution in [2.45, 2.75) is 33.4 Å². The summed E-state index contributed by atoms with van der Waals surface area (Å²) in [6.45, 7) is 7.25. The summed E-state index contributed by atoms with van der Waals surface area (Å²) in [5.74, 6) is 0. The molecule has 0 unspecified atom stereocenters. The van der Waals surface area contributed by atoms with Crippen LogP contribution in [-0.4, -0.2) is 9.38 Å². The fourth-order valence-corrected chi connectivity index (χ4v) is 3.24. The third-order valence-electron chi connectivity index (χ3n) is 3.68. The molecule has 3 aromatic rings. The maximum atomic E-state index is 4.58. The molecule has 0 radical (unpaired) electrons. The molecular formula is C16H19N3S. The molecule has 3 rings (SSSR count). The lowest BCUT2D eigenvalue weighted by Gasteiger charge is -2.15. The van der Waals surface area contributed by atoms with Crippen LogP contribution in [0.4, 0.5) is 0 Å². The number of nitrogens with zero attached hydrogens (tertiary/aromatic N) is 2. The van der Waals surface area contributed by atoms with Gasteiger partial charge in [-0.05, 0) is 26.3 Å². The maximum absolute atomic E-state index is 4.58. The monoisotopic (exact) mass is 285 g/mol. The Morgan fingerprint density at radius 1 is 1.35 bits per heavy atom. The summed E-state index contributed by atoms with van der Waals surface area (Å²) in [7, 11) is 0. The van der Waals surface area contributed by atoms with Crippen LogP contribution in [0.1, 0.15) is 35.5 Å². The van der Waals surface area contributed by atoms with Crippen LogP contribution in [0, 0.1) is 13.8 Å². The van der Waals surface area contributed by atoms with Crippen LogP contribution in [0.25, 0.3) is 4.96 Å². The van der Waals surface area contributed by atoms with Gasteiger partial charge in [-0.2, -0.15) is 0 Å². The Morgan fingerprint density at radius 3 is 3.00 bits per heavy atom. The van der Waals surface area contributed by atoms with Crippen molar-refractivity contribution in [2.24, 2.45) is 0 Å². The molecule has 2 heterocycles. The fraction of sp³-hybridized carbons (Fsp3) is 0.312. The largest absolute Gasteiger partial charge is 0.305 e. The van der Waals surface area contributed by atoms with Gasteiger partial charge in [-0.3, -0.25) is 4.40 Å². The van der Waals surface area contributed by atoms with Gasteiger partial charge in [-0.25, -0.2) is 4.98 Å². The van der Waals surface area contributed by atoms with E-state index in [0.717, 1.165) is 17.2 Å². The normalized spacial score (nSPS) is 12.9. The summed E-state index contributed by atoms with van der Waals surface area (Å²) in [6.07, 6.45) is 2.09. The lowest BCUT2D eigenvalue weighted by Crippen LogP contribution is -2.19. The molecule has 0 saturated carbocycles. The average Bonchev–Trinajstić information content (AvgIpc) is 2.97. The SMILES string of the molecule is Cc1cccc([C@H](C)NCc2c(C)nc3sccn23)c1. The topological polar surface area (TPSA) is 29.3 Å². The molecule has 3 nitrogen and oxygen atoms in total. The van der Waals surface area contributed by atoms with E-state index in [9.17, 15) is 0 Å². The molecule has 0 aliphatic heterocycles. The molecule has 1 aromatic carbocycles. The molecule has 0 aliphatic carbocycles. The number of fused-ring (bicyclic) bond motifs is 1. The van der Waals surface area contributed by atoms with Crippen LogP contribution in [0.5, 0.6) is 0 Å². The third-order valence-corrected chi connectivity index (χ3v) is 4.44. The highest BCUT2D eigenvalue weighted by molar-refractivity contribution is 7.15. The first kappa shape index (κ1) is 13.3. The minimum absolute atomic E-state index is 0.332. The summed E-state index contributed by atoms with van der Waals surface area (Å²) in [5.41, 5.74) is 4.99. The number of imidazole rings is 1. The van der Waals surface area contributed by atoms with E-state index in [2.05, 4.69) is 71.3 Å². The summed E-state index contributed by atoms with van der Waals surface area (Å²) in [6, 6.07) is 8.99. The van der Waals surface area contributed by atoms with Gasteiger partial charge in [0, 0.05) is 24.2 Å². The molecule has 0 spiro atoms. The molecule has 0 amide bonds. The quantitative estimate of drug-likeness (QED) is 0.788. The molecule has 2 aromatic heterocycles. The van der Waals surface area contributed by atoms with Gasteiger partial charge >= 0.3 is 0 Å². The van der Waals surface area contributed by atoms with Crippen molar-refractivity contribution >= 4 is 16.3 Å². The van der Waals surface area contributed by atoms with Gasteiger partial charge in [0.05, 0.1) is 11.4 Å². The van der Waals surface area contributed by atoms with Gasteiger partial charge in [-0.15, -0.1) is 11.3 Å². The number of hydrogen-bond donors (Lipinski definition) is 1. The van der Waals surface area contributed by atoms with E-state index in [1.54, 1.807) is 11.3 Å². The smallest absolute Gasteiger partial charge is 0.194 e. The summed E-state index contributed by atoms with van der Waals surface area (Å²) < 4.78 is 2.18. The van der Waals surface area contributed by atoms with Crippen molar-refractivity contribution in [3.63, 3.8) is 0 Å². The van der Waals surface area contributed by atoms with Crippen molar-refractivity contribution in [1.82, 2.24) is 14.7 Å². The van der Waals surface area contributed by atoms with Crippen LogP contribution < -0.4 is 5.32 Å². The molecule has 4 heteroatoms. The number of benzene rings is 1.